The summed E-state index contributed by atoms with van der Waals surface area (Å²) in [5, 5.41) is 0.988. The third-order valence-electron chi connectivity index (χ3n) is 10.1. The van der Waals surface area contributed by atoms with Crippen LogP contribution in [-0.2, 0) is 38.7 Å². The molecular formula is C40H50N4O9S. The predicted octanol–water partition coefficient (Wildman–Crippen LogP) is 4.20. The van der Waals surface area contributed by atoms with Crippen molar-refractivity contribution in [3.63, 3.8) is 0 Å². The number of rotatable bonds is 17. The summed E-state index contributed by atoms with van der Waals surface area (Å²) < 4.78 is 39.7. The van der Waals surface area contributed by atoms with Gasteiger partial charge in [0.15, 0.2) is 5.78 Å². The van der Waals surface area contributed by atoms with E-state index in [9.17, 15) is 32.4 Å². The highest BCUT2D eigenvalue weighted by Gasteiger charge is 2.61. The van der Waals surface area contributed by atoms with Gasteiger partial charge < -0.3 is 19.3 Å². The van der Waals surface area contributed by atoms with E-state index in [0.717, 1.165) is 22.4 Å². The highest BCUT2D eigenvalue weighted by Crippen LogP contribution is 2.57. The third kappa shape index (κ3) is 9.26. The summed E-state index contributed by atoms with van der Waals surface area (Å²) in [5.41, 5.74) is -1.16. The molecule has 0 bridgehead atoms. The number of ketones is 1. The van der Waals surface area contributed by atoms with Crippen LogP contribution in [0.15, 0.2) is 68.4 Å². The van der Waals surface area contributed by atoms with Crippen LogP contribution in [0.25, 0.3) is 10.8 Å². The highest BCUT2D eigenvalue weighted by atomic mass is 32.2. The number of amides is 3. The summed E-state index contributed by atoms with van der Waals surface area (Å²) in [6.45, 7) is 17.9. The Morgan fingerprint density at radius 2 is 1.85 bits per heavy atom. The fourth-order valence-electron chi connectivity index (χ4n) is 7.12. The predicted molar refractivity (Wildman–Crippen MR) is 202 cm³/mol. The Bertz CT molecular complexity index is 1970. The van der Waals surface area contributed by atoms with Crippen LogP contribution in [0.1, 0.15) is 64.9 Å². The van der Waals surface area contributed by atoms with E-state index in [4.69, 9.17) is 9.47 Å². The minimum absolute atomic E-state index is 0.0342. The first kappa shape index (κ1) is 40.3. The molecule has 3 fully saturated rings. The number of nitrogens with one attached hydrogen (secondary N) is 1. The normalized spacial score (nSPS) is 22.8. The second kappa shape index (κ2) is 15.9. The molecule has 0 unspecified atom stereocenters. The Labute approximate surface area is 316 Å². The smallest absolute Gasteiger partial charge is 0.307 e. The average Bonchev–Trinajstić information content (AvgIpc) is 4.03. The zero-order valence-electron chi connectivity index (χ0n) is 31.4. The van der Waals surface area contributed by atoms with E-state index in [-0.39, 0.29) is 38.9 Å². The first-order valence-corrected chi connectivity index (χ1v) is 19.7. The lowest BCUT2D eigenvalue weighted by molar-refractivity contribution is -0.159. The van der Waals surface area contributed by atoms with E-state index in [2.05, 4.69) is 29.4 Å². The Hall–Kier alpha value is -4.85. The number of hydrogen-bond acceptors (Lipinski definition) is 10. The van der Waals surface area contributed by atoms with E-state index in [1.54, 1.807) is 27.0 Å². The molecule has 54 heavy (non-hydrogen) atoms. The molecule has 1 saturated heterocycles. The van der Waals surface area contributed by atoms with Crippen LogP contribution in [0.4, 0.5) is 0 Å². The first-order valence-electron chi connectivity index (χ1n) is 18.2. The summed E-state index contributed by atoms with van der Waals surface area (Å²) in [4.78, 5) is 75.9. The summed E-state index contributed by atoms with van der Waals surface area (Å²) in [5.74, 6) is -4.26. The van der Waals surface area contributed by atoms with Gasteiger partial charge in [-0.25, -0.2) is 13.4 Å². The summed E-state index contributed by atoms with van der Waals surface area (Å²) in [6.07, 6.45) is 5.43. The molecule has 2 heterocycles. The Morgan fingerprint density at radius 1 is 1.13 bits per heavy atom. The topological polar surface area (TPSA) is 169 Å². The van der Waals surface area contributed by atoms with Crippen LogP contribution >= 0.6 is 0 Å². The Balaban J connectivity index is 1.48. The number of fused-ring (bicyclic) bond motifs is 1. The van der Waals surface area contributed by atoms with Crippen LogP contribution in [0.2, 0.25) is 0 Å². The molecule has 2 aromatic rings. The van der Waals surface area contributed by atoms with Crippen molar-refractivity contribution in [1.82, 2.24) is 19.5 Å². The number of aryl methyl sites for hydroxylation is 1. The second-order valence-electron chi connectivity index (χ2n) is 15.6. The van der Waals surface area contributed by atoms with Crippen LogP contribution in [0.5, 0.6) is 5.88 Å². The van der Waals surface area contributed by atoms with Crippen molar-refractivity contribution in [2.45, 2.75) is 89.2 Å². The average molecular weight is 763 g/mol. The lowest BCUT2D eigenvalue weighted by Crippen LogP contribution is -2.49. The lowest BCUT2D eigenvalue weighted by atomic mass is 9.91. The SMILES string of the molecule is C=CCN(C[C@H](CC(=O)OC(C)(C)C)C(=O)N1C[C@H](Oc2nccc3cc(C)ccc23)C[C@H]1C(=O)C[C@]1(C(=O)NS(=O)(=O)C2CC2)C[C@@H]1C=C)C(=O)C=C. The molecule has 14 heteroatoms. The molecule has 3 amide bonds. The monoisotopic (exact) mass is 762 g/mol. The molecule has 5 atom stereocenters. The number of hydrogen-bond donors (Lipinski definition) is 1. The number of Topliss-reactive ketones (excluding diaryl/α,β-unsaturated/α-hetero) is 1. The van der Waals surface area contributed by atoms with E-state index in [0.29, 0.717) is 18.7 Å². The van der Waals surface area contributed by atoms with Gasteiger partial charge in [0.25, 0.3) is 0 Å². The quantitative estimate of drug-likeness (QED) is 0.140. The van der Waals surface area contributed by atoms with E-state index in [1.165, 1.54) is 22.0 Å². The maximum Gasteiger partial charge on any atom is 0.307 e. The fraction of sp³-hybridized carbons (Fsp3) is 0.500. The van der Waals surface area contributed by atoms with Crippen LogP contribution in [-0.4, -0.2) is 95.3 Å². The number of esters is 1. The zero-order valence-corrected chi connectivity index (χ0v) is 32.2. The Kier molecular flexibility index (Phi) is 11.8. The zero-order chi connectivity index (χ0) is 39.6. The minimum atomic E-state index is -3.89. The highest BCUT2D eigenvalue weighted by molar-refractivity contribution is 7.90. The van der Waals surface area contributed by atoms with E-state index < -0.39 is 86.2 Å². The van der Waals surface area contributed by atoms with Crippen molar-refractivity contribution in [2.75, 3.05) is 19.6 Å². The van der Waals surface area contributed by atoms with Gasteiger partial charge in [-0.05, 0) is 76.5 Å². The number of likely N-dealkylation sites (tertiary alicyclic amines) is 1. The minimum Gasteiger partial charge on any atom is -0.472 e. The number of carbonyl (C=O) groups excluding carboxylic acids is 5. The number of benzene rings is 1. The van der Waals surface area contributed by atoms with Crippen molar-refractivity contribution in [2.24, 2.45) is 17.3 Å². The van der Waals surface area contributed by atoms with Gasteiger partial charge in [-0.1, -0.05) is 36.4 Å². The third-order valence-corrected chi connectivity index (χ3v) is 11.9. The van der Waals surface area contributed by atoms with Crippen molar-refractivity contribution < 1.29 is 41.9 Å². The first-order chi connectivity index (χ1) is 25.4. The molecular weight excluding hydrogens is 713 g/mol. The van der Waals surface area contributed by atoms with E-state index in [1.807, 2.05) is 31.2 Å². The fourth-order valence-corrected chi connectivity index (χ4v) is 8.50. The molecule has 13 nitrogen and oxygen atoms in total. The standard InChI is InChI=1S/C40H50N4O9S/c1-8-17-43(34(46)10-3)23-27(19-35(47)53-39(5,6)7)37(48)44-24-29(52-36-31-14-11-25(4)18-26(31)15-16-41-36)20-32(44)33(45)22-40(21-28(40)9-2)38(49)42-54(50,51)30-12-13-30/h8-11,14-16,18,27-30,32H,1-3,12-13,17,19-24H2,4-7H3,(H,42,49)/t27-,28-,29+,32-,40+/m0/s1. The van der Waals surface area contributed by atoms with Crippen molar-refractivity contribution in [3.05, 3.63) is 74.0 Å². The number of sulfonamides is 1. The number of ether oxygens (including phenoxy) is 2. The molecule has 0 radical (unpaired) electrons. The summed E-state index contributed by atoms with van der Waals surface area (Å²) in [7, 11) is -3.89. The summed E-state index contributed by atoms with van der Waals surface area (Å²) in [6, 6.07) is 6.54. The van der Waals surface area contributed by atoms with Crippen molar-refractivity contribution >= 4 is 50.3 Å². The lowest BCUT2D eigenvalue weighted by Gasteiger charge is -2.31. The van der Waals surface area contributed by atoms with Crippen LogP contribution in [0.3, 0.4) is 0 Å². The molecule has 1 aromatic carbocycles. The molecule has 0 spiro atoms. The van der Waals surface area contributed by atoms with Gasteiger partial charge in [-0.3, -0.25) is 28.7 Å². The maximum atomic E-state index is 14.7. The number of allylic oxidation sites excluding steroid dienone is 1. The van der Waals surface area contributed by atoms with Crippen molar-refractivity contribution in [1.29, 1.82) is 0 Å². The van der Waals surface area contributed by atoms with Crippen LogP contribution in [0, 0.1) is 24.2 Å². The van der Waals surface area contributed by atoms with Gasteiger partial charge in [0.1, 0.15) is 11.7 Å². The van der Waals surface area contributed by atoms with Crippen LogP contribution < -0.4 is 9.46 Å². The van der Waals surface area contributed by atoms with Gasteiger partial charge in [-0.2, -0.15) is 0 Å². The molecule has 2 saturated carbocycles. The van der Waals surface area contributed by atoms with E-state index >= 15 is 0 Å². The van der Waals surface area contributed by atoms with Gasteiger partial charge in [0, 0.05) is 37.5 Å². The number of carbonyl (C=O) groups is 5. The molecule has 2 aliphatic carbocycles. The number of pyridine rings is 1. The molecule has 1 N–H and O–H groups in total. The summed E-state index contributed by atoms with van der Waals surface area (Å²) >= 11 is 0. The molecule has 1 aromatic heterocycles. The van der Waals surface area contributed by atoms with Gasteiger partial charge in [0.2, 0.25) is 33.6 Å². The second-order valence-corrected chi connectivity index (χ2v) is 17.5. The largest absolute Gasteiger partial charge is 0.472 e. The molecule has 3 aliphatic rings. The Morgan fingerprint density at radius 3 is 2.46 bits per heavy atom. The molecule has 290 valence electrons. The van der Waals surface area contributed by atoms with Crippen molar-refractivity contribution in [3.8, 4) is 5.88 Å². The van der Waals surface area contributed by atoms with Gasteiger partial charge in [-0.15, -0.1) is 13.2 Å². The van der Waals surface area contributed by atoms with Gasteiger partial charge in [0.05, 0.1) is 35.6 Å². The maximum absolute atomic E-state index is 14.7. The number of nitrogens with zero attached hydrogens (tertiary/aromatic N) is 3. The number of aromatic nitrogens is 1. The molecule has 1 aliphatic heterocycles. The van der Waals surface area contributed by atoms with Gasteiger partial charge >= 0.3 is 5.97 Å². The molecule has 5 rings (SSSR count).